The minimum absolute atomic E-state index is 0.0284. The molecule has 0 spiro atoms. The summed E-state index contributed by atoms with van der Waals surface area (Å²) in [6, 6.07) is -0.388. The topological polar surface area (TPSA) is 87.7 Å². The highest BCUT2D eigenvalue weighted by Gasteiger charge is 2.44. The van der Waals surface area contributed by atoms with E-state index in [0.717, 1.165) is 19.3 Å². The Morgan fingerprint density at radius 3 is 2.65 bits per heavy atom. The lowest BCUT2D eigenvalue weighted by atomic mass is 9.99. The summed E-state index contributed by atoms with van der Waals surface area (Å²) < 4.78 is 5.10. The highest BCUT2D eigenvalue weighted by Crippen LogP contribution is 2.18. The molecule has 1 heterocycles. The van der Waals surface area contributed by atoms with Crippen molar-refractivity contribution in [3.8, 4) is 0 Å². The zero-order valence-electron chi connectivity index (χ0n) is 12.4. The van der Waals surface area contributed by atoms with E-state index in [1.165, 1.54) is 12.8 Å². The molecule has 3 N–H and O–H groups in total. The number of unbranched alkanes of at least 4 members (excludes halogenated alkanes) is 3. The second-order valence-electron chi connectivity index (χ2n) is 5.54. The van der Waals surface area contributed by atoms with Gasteiger partial charge in [-0.25, -0.2) is 9.59 Å². The standard InChI is InChI=1S/C14H26N2O4/c1-3-4-5-6-7-11(2)15-13(19)16-14(12(17)18)8-9-20-10-14/h11H,3-10H2,1-2H3,(H,17,18)(H2,15,16,19). The smallest absolute Gasteiger partial charge is 0.332 e. The summed E-state index contributed by atoms with van der Waals surface area (Å²) in [6.07, 6.45) is 5.84. The maximum absolute atomic E-state index is 11.9. The van der Waals surface area contributed by atoms with Crippen LogP contribution in [-0.2, 0) is 9.53 Å². The molecule has 0 aromatic rings. The summed E-state index contributed by atoms with van der Waals surface area (Å²) in [6.45, 7) is 4.48. The van der Waals surface area contributed by atoms with Crippen LogP contribution in [-0.4, -0.2) is 41.9 Å². The predicted molar refractivity (Wildman–Crippen MR) is 75.7 cm³/mol. The van der Waals surface area contributed by atoms with Crippen molar-refractivity contribution in [1.29, 1.82) is 0 Å². The van der Waals surface area contributed by atoms with Gasteiger partial charge in [0.25, 0.3) is 0 Å². The number of nitrogens with one attached hydrogen (secondary N) is 2. The van der Waals surface area contributed by atoms with Crippen molar-refractivity contribution in [2.75, 3.05) is 13.2 Å². The predicted octanol–water partition coefficient (Wildman–Crippen LogP) is 1.89. The molecule has 1 fully saturated rings. The van der Waals surface area contributed by atoms with Gasteiger partial charge in [0.1, 0.15) is 0 Å². The van der Waals surface area contributed by atoms with Gasteiger partial charge in [0.15, 0.2) is 5.54 Å². The largest absolute Gasteiger partial charge is 0.479 e. The van der Waals surface area contributed by atoms with Gasteiger partial charge in [-0.15, -0.1) is 0 Å². The summed E-state index contributed by atoms with van der Waals surface area (Å²) in [7, 11) is 0. The monoisotopic (exact) mass is 286 g/mol. The van der Waals surface area contributed by atoms with Crippen LogP contribution in [0, 0.1) is 0 Å². The molecule has 6 nitrogen and oxygen atoms in total. The van der Waals surface area contributed by atoms with Crippen LogP contribution in [0.5, 0.6) is 0 Å². The van der Waals surface area contributed by atoms with Gasteiger partial charge in [0.2, 0.25) is 0 Å². The Morgan fingerprint density at radius 1 is 1.35 bits per heavy atom. The van der Waals surface area contributed by atoms with Crippen molar-refractivity contribution < 1.29 is 19.4 Å². The molecule has 2 atom stereocenters. The SMILES string of the molecule is CCCCCCC(C)NC(=O)NC1(C(=O)O)CCOC1. The summed E-state index contributed by atoms with van der Waals surface area (Å²) in [5.41, 5.74) is -1.27. The molecule has 6 heteroatoms. The van der Waals surface area contributed by atoms with Crippen molar-refractivity contribution in [2.24, 2.45) is 0 Å². The number of hydrogen-bond acceptors (Lipinski definition) is 3. The van der Waals surface area contributed by atoms with Crippen LogP contribution >= 0.6 is 0 Å². The summed E-state index contributed by atoms with van der Waals surface area (Å²) in [4.78, 5) is 23.1. The lowest BCUT2D eigenvalue weighted by molar-refractivity contribution is -0.144. The summed E-state index contributed by atoms with van der Waals surface area (Å²) in [5.74, 6) is -1.04. The van der Waals surface area contributed by atoms with Crippen molar-refractivity contribution in [1.82, 2.24) is 10.6 Å². The number of carboxylic acids is 1. The van der Waals surface area contributed by atoms with Gasteiger partial charge in [0.05, 0.1) is 6.61 Å². The number of rotatable bonds is 8. The van der Waals surface area contributed by atoms with Gasteiger partial charge >= 0.3 is 12.0 Å². The molecule has 1 aliphatic heterocycles. The number of carbonyl (C=O) groups excluding carboxylic acids is 1. The van der Waals surface area contributed by atoms with Gasteiger partial charge < -0.3 is 20.5 Å². The fourth-order valence-electron chi connectivity index (χ4n) is 2.31. The van der Waals surface area contributed by atoms with E-state index in [9.17, 15) is 14.7 Å². The number of amides is 2. The minimum Gasteiger partial charge on any atom is -0.479 e. The maximum Gasteiger partial charge on any atom is 0.332 e. The molecule has 1 saturated heterocycles. The van der Waals surface area contributed by atoms with E-state index in [1.807, 2.05) is 6.92 Å². The molecule has 116 valence electrons. The third kappa shape index (κ3) is 5.00. The van der Waals surface area contributed by atoms with Crippen LogP contribution < -0.4 is 10.6 Å². The van der Waals surface area contributed by atoms with E-state index >= 15 is 0 Å². The average molecular weight is 286 g/mol. The second-order valence-corrected chi connectivity index (χ2v) is 5.54. The Morgan fingerprint density at radius 2 is 2.10 bits per heavy atom. The molecule has 0 radical (unpaired) electrons. The molecular formula is C14H26N2O4. The van der Waals surface area contributed by atoms with Crippen LogP contribution in [0.15, 0.2) is 0 Å². The molecule has 20 heavy (non-hydrogen) atoms. The van der Waals surface area contributed by atoms with Gasteiger partial charge in [-0.3, -0.25) is 0 Å². The Hall–Kier alpha value is -1.30. The highest BCUT2D eigenvalue weighted by atomic mass is 16.5. The van der Waals surface area contributed by atoms with Crippen LogP contribution in [0.3, 0.4) is 0 Å². The van der Waals surface area contributed by atoms with E-state index in [2.05, 4.69) is 17.6 Å². The number of carboxylic acid groups (broad SMARTS) is 1. The normalized spacial score (nSPS) is 23.3. The van der Waals surface area contributed by atoms with Gasteiger partial charge in [0, 0.05) is 19.1 Å². The first kappa shape index (κ1) is 16.8. The average Bonchev–Trinajstić information content (AvgIpc) is 2.84. The summed E-state index contributed by atoms with van der Waals surface area (Å²) >= 11 is 0. The summed E-state index contributed by atoms with van der Waals surface area (Å²) in [5, 5.41) is 14.6. The first-order valence-corrected chi connectivity index (χ1v) is 7.40. The first-order chi connectivity index (χ1) is 9.50. The highest BCUT2D eigenvalue weighted by molar-refractivity contribution is 5.86. The second kappa shape index (κ2) is 8.09. The van der Waals surface area contributed by atoms with E-state index < -0.39 is 17.5 Å². The fourth-order valence-corrected chi connectivity index (χ4v) is 2.31. The Kier molecular flexibility index (Phi) is 6.78. The van der Waals surface area contributed by atoms with Gasteiger partial charge in [-0.1, -0.05) is 32.6 Å². The van der Waals surface area contributed by atoms with Gasteiger partial charge in [-0.05, 0) is 13.3 Å². The molecule has 0 bridgehead atoms. The lowest BCUT2D eigenvalue weighted by Gasteiger charge is -2.25. The Balaban J connectivity index is 2.33. The molecular weight excluding hydrogens is 260 g/mol. The number of urea groups is 1. The van der Waals surface area contributed by atoms with E-state index in [4.69, 9.17) is 4.74 Å². The van der Waals surface area contributed by atoms with Crippen LogP contribution in [0.25, 0.3) is 0 Å². The molecule has 0 aromatic carbocycles. The van der Waals surface area contributed by atoms with Crippen molar-refractivity contribution >= 4 is 12.0 Å². The molecule has 0 aliphatic carbocycles. The van der Waals surface area contributed by atoms with Gasteiger partial charge in [-0.2, -0.15) is 0 Å². The number of hydrogen-bond donors (Lipinski definition) is 3. The Bertz CT molecular complexity index is 327. The van der Waals surface area contributed by atoms with Crippen molar-refractivity contribution in [2.45, 2.75) is 64.0 Å². The number of carbonyl (C=O) groups is 2. The maximum atomic E-state index is 11.9. The molecule has 0 aromatic heterocycles. The minimum atomic E-state index is -1.27. The van der Waals surface area contributed by atoms with E-state index in [-0.39, 0.29) is 12.6 Å². The van der Waals surface area contributed by atoms with Crippen LogP contribution in [0.4, 0.5) is 4.79 Å². The number of ether oxygens (including phenoxy) is 1. The Labute approximate surface area is 120 Å². The molecule has 2 amide bonds. The lowest BCUT2D eigenvalue weighted by Crippen LogP contribution is -2.58. The van der Waals surface area contributed by atoms with E-state index in [1.54, 1.807) is 0 Å². The quantitative estimate of drug-likeness (QED) is 0.595. The third-order valence-electron chi connectivity index (χ3n) is 3.65. The van der Waals surface area contributed by atoms with Crippen LogP contribution in [0.1, 0.15) is 52.4 Å². The fraction of sp³-hybridized carbons (Fsp3) is 0.857. The van der Waals surface area contributed by atoms with Crippen molar-refractivity contribution in [3.05, 3.63) is 0 Å². The number of aliphatic carboxylic acids is 1. The molecule has 1 aliphatic rings. The molecule has 0 saturated carbocycles. The zero-order chi connectivity index (χ0) is 15.0. The molecule has 1 rings (SSSR count). The first-order valence-electron chi connectivity index (χ1n) is 7.40. The zero-order valence-corrected chi connectivity index (χ0v) is 12.4. The third-order valence-corrected chi connectivity index (χ3v) is 3.65. The van der Waals surface area contributed by atoms with Crippen molar-refractivity contribution in [3.63, 3.8) is 0 Å². The molecule has 2 unspecified atom stereocenters. The van der Waals surface area contributed by atoms with Crippen LogP contribution in [0.2, 0.25) is 0 Å². The van der Waals surface area contributed by atoms with E-state index in [0.29, 0.717) is 13.0 Å².